The van der Waals surface area contributed by atoms with Gasteiger partial charge in [0.15, 0.2) is 11.6 Å². The molecule has 7 nitrogen and oxygen atoms in total. The third-order valence-electron chi connectivity index (χ3n) is 7.31. The Kier molecular flexibility index (Phi) is 7.42. The van der Waals surface area contributed by atoms with Crippen LogP contribution in [0.1, 0.15) is 71.8 Å². The van der Waals surface area contributed by atoms with E-state index in [4.69, 9.17) is 25.6 Å². The molecule has 2 aromatic carbocycles. The molecule has 1 atom stereocenters. The normalized spacial score (nSPS) is 18.4. The number of halogens is 1. The summed E-state index contributed by atoms with van der Waals surface area (Å²) < 4.78 is 17.3. The minimum absolute atomic E-state index is 0.0110. The molecule has 2 aliphatic rings. The summed E-state index contributed by atoms with van der Waals surface area (Å²) in [6.07, 6.45) is 4.35. The Morgan fingerprint density at radius 3 is 2.44 bits per heavy atom. The molecule has 190 valence electrons. The number of carbonyl (C=O) groups is 1. The second kappa shape index (κ2) is 10.7. The Hall–Kier alpha value is -2.74. The second-order valence-electron chi connectivity index (χ2n) is 9.58. The van der Waals surface area contributed by atoms with Crippen molar-refractivity contribution in [2.75, 3.05) is 13.2 Å². The van der Waals surface area contributed by atoms with E-state index in [1.165, 1.54) is 0 Å². The van der Waals surface area contributed by atoms with Crippen LogP contribution in [0.5, 0.6) is 0 Å². The van der Waals surface area contributed by atoms with E-state index in [9.17, 15) is 4.79 Å². The van der Waals surface area contributed by atoms with Crippen LogP contribution in [0.2, 0.25) is 5.02 Å². The molecule has 1 spiro atoms. The van der Waals surface area contributed by atoms with Crippen molar-refractivity contribution in [3.8, 4) is 0 Å². The van der Waals surface area contributed by atoms with Crippen LogP contribution < -0.4 is 0 Å². The highest BCUT2D eigenvalue weighted by Crippen LogP contribution is 2.40. The zero-order chi connectivity index (χ0) is 25.1. The van der Waals surface area contributed by atoms with Crippen LogP contribution in [-0.4, -0.2) is 46.0 Å². The van der Waals surface area contributed by atoms with E-state index in [0.29, 0.717) is 36.4 Å². The number of benzene rings is 2. The zero-order valence-electron chi connectivity index (χ0n) is 20.8. The molecular weight excluding hydrogens is 478 g/mol. The molecule has 1 aliphatic carbocycles. The van der Waals surface area contributed by atoms with Crippen molar-refractivity contribution in [2.45, 2.75) is 70.2 Å². The number of rotatable bonds is 7. The summed E-state index contributed by atoms with van der Waals surface area (Å²) in [5.41, 5.74) is 2.79. The first-order chi connectivity index (χ1) is 17.5. The van der Waals surface area contributed by atoms with E-state index in [-0.39, 0.29) is 11.9 Å². The lowest BCUT2D eigenvalue weighted by atomic mass is 9.87. The minimum Gasteiger partial charge on any atom is -0.348 e. The van der Waals surface area contributed by atoms with Crippen molar-refractivity contribution in [1.29, 1.82) is 0 Å². The van der Waals surface area contributed by atoms with Gasteiger partial charge in [0.1, 0.15) is 0 Å². The predicted octanol–water partition coefficient (Wildman–Crippen LogP) is 5.71. The molecule has 1 saturated heterocycles. The van der Waals surface area contributed by atoms with Crippen molar-refractivity contribution in [3.05, 3.63) is 82.0 Å². The molecule has 0 N–H and O–H groups in total. The Morgan fingerprint density at radius 1 is 1.11 bits per heavy atom. The van der Waals surface area contributed by atoms with Crippen LogP contribution >= 0.6 is 11.6 Å². The van der Waals surface area contributed by atoms with Gasteiger partial charge in [-0.25, -0.2) is 0 Å². The first kappa shape index (κ1) is 24.9. The van der Waals surface area contributed by atoms with Gasteiger partial charge in [-0.15, -0.1) is 0 Å². The van der Waals surface area contributed by atoms with Crippen molar-refractivity contribution in [3.63, 3.8) is 0 Å². The Labute approximate surface area is 216 Å². The minimum atomic E-state index is -0.513. The summed E-state index contributed by atoms with van der Waals surface area (Å²) in [6.45, 7) is 5.09. The molecule has 1 amide bonds. The largest absolute Gasteiger partial charge is 0.348 e. The van der Waals surface area contributed by atoms with E-state index in [1.807, 2.05) is 53.4 Å². The standard InChI is InChI=1S/C28H32ClN3O4/c1-3-21-6-4-5-7-24(21)27(33)32(23-12-14-28(15-13-23)34-16-17-35-28)25(26-30-19(2)36-31-26)18-20-8-10-22(29)11-9-20/h4-11,23,25H,3,12-18H2,1-2H3. The molecule has 1 aliphatic heterocycles. The van der Waals surface area contributed by atoms with Crippen LogP contribution in [-0.2, 0) is 22.3 Å². The van der Waals surface area contributed by atoms with Crippen molar-refractivity contribution >= 4 is 17.5 Å². The van der Waals surface area contributed by atoms with Crippen LogP contribution in [0.4, 0.5) is 0 Å². The topological polar surface area (TPSA) is 77.7 Å². The van der Waals surface area contributed by atoms with Crippen LogP contribution in [0, 0.1) is 6.92 Å². The van der Waals surface area contributed by atoms with Gasteiger partial charge in [-0.1, -0.05) is 54.0 Å². The fourth-order valence-corrected chi connectivity index (χ4v) is 5.58. The van der Waals surface area contributed by atoms with Crippen LogP contribution in [0.25, 0.3) is 0 Å². The predicted molar refractivity (Wildman–Crippen MR) is 136 cm³/mol. The Morgan fingerprint density at radius 2 is 1.81 bits per heavy atom. The monoisotopic (exact) mass is 509 g/mol. The Balaban J connectivity index is 1.54. The van der Waals surface area contributed by atoms with Gasteiger partial charge in [0.25, 0.3) is 5.91 Å². The molecule has 1 saturated carbocycles. The van der Waals surface area contributed by atoms with Gasteiger partial charge in [0, 0.05) is 42.8 Å². The summed E-state index contributed by atoms with van der Waals surface area (Å²) in [5, 5.41) is 4.95. The average molecular weight is 510 g/mol. The number of hydrogen-bond acceptors (Lipinski definition) is 6. The number of aryl methyl sites for hydroxylation is 2. The lowest BCUT2D eigenvalue weighted by molar-refractivity contribution is -0.183. The third kappa shape index (κ3) is 5.19. The summed E-state index contributed by atoms with van der Waals surface area (Å²) in [7, 11) is 0. The maximum atomic E-state index is 14.4. The molecule has 3 aromatic rings. The molecule has 2 heterocycles. The summed E-state index contributed by atoms with van der Waals surface area (Å²) >= 11 is 6.15. The maximum absolute atomic E-state index is 14.4. The number of amides is 1. The highest BCUT2D eigenvalue weighted by molar-refractivity contribution is 6.30. The number of ether oxygens (including phenoxy) is 2. The first-order valence-corrected chi connectivity index (χ1v) is 13.1. The summed E-state index contributed by atoms with van der Waals surface area (Å²) in [4.78, 5) is 20.9. The van der Waals surface area contributed by atoms with E-state index < -0.39 is 11.8 Å². The lowest BCUT2D eigenvalue weighted by Crippen LogP contribution is -2.49. The van der Waals surface area contributed by atoms with Crippen molar-refractivity contribution in [1.82, 2.24) is 15.0 Å². The highest BCUT2D eigenvalue weighted by atomic mass is 35.5. The van der Waals surface area contributed by atoms with E-state index in [1.54, 1.807) is 6.92 Å². The zero-order valence-corrected chi connectivity index (χ0v) is 21.5. The smallest absolute Gasteiger partial charge is 0.255 e. The van der Waals surface area contributed by atoms with Gasteiger partial charge in [-0.3, -0.25) is 4.79 Å². The fourth-order valence-electron chi connectivity index (χ4n) is 5.45. The molecule has 1 unspecified atom stereocenters. The molecule has 5 rings (SSSR count). The van der Waals surface area contributed by atoms with Crippen LogP contribution in [0.3, 0.4) is 0 Å². The van der Waals surface area contributed by atoms with E-state index in [0.717, 1.165) is 48.8 Å². The fraction of sp³-hybridized carbons (Fsp3) is 0.464. The average Bonchev–Trinajstić information content (AvgIpc) is 3.55. The molecule has 36 heavy (non-hydrogen) atoms. The number of carbonyl (C=O) groups excluding carboxylic acids is 1. The molecule has 2 fully saturated rings. The molecule has 0 bridgehead atoms. The lowest BCUT2D eigenvalue weighted by Gasteiger charge is -2.43. The van der Waals surface area contributed by atoms with Crippen molar-refractivity contribution in [2.24, 2.45) is 0 Å². The van der Waals surface area contributed by atoms with Gasteiger partial charge < -0.3 is 18.9 Å². The summed E-state index contributed by atoms with van der Waals surface area (Å²) in [5.74, 6) is 0.463. The van der Waals surface area contributed by atoms with Gasteiger partial charge in [-0.2, -0.15) is 4.98 Å². The van der Waals surface area contributed by atoms with Gasteiger partial charge >= 0.3 is 0 Å². The quantitative estimate of drug-likeness (QED) is 0.406. The van der Waals surface area contributed by atoms with E-state index in [2.05, 4.69) is 17.1 Å². The van der Waals surface area contributed by atoms with Crippen LogP contribution in [0.15, 0.2) is 53.1 Å². The number of nitrogens with zero attached hydrogens (tertiary/aromatic N) is 3. The first-order valence-electron chi connectivity index (χ1n) is 12.7. The van der Waals surface area contributed by atoms with Gasteiger partial charge in [0.05, 0.1) is 19.3 Å². The molecule has 0 radical (unpaired) electrons. The molecule has 8 heteroatoms. The SMILES string of the molecule is CCc1ccccc1C(=O)N(C1CCC2(CC1)OCCO2)C(Cc1ccc(Cl)cc1)c1noc(C)n1. The second-order valence-corrected chi connectivity index (χ2v) is 10.0. The van der Waals surface area contributed by atoms with Gasteiger partial charge in [-0.05, 0) is 48.6 Å². The summed E-state index contributed by atoms with van der Waals surface area (Å²) in [6, 6.07) is 15.1. The van der Waals surface area contributed by atoms with E-state index >= 15 is 0 Å². The third-order valence-corrected chi connectivity index (χ3v) is 7.56. The van der Waals surface area contributed by atoms with Gasteiger partial charge in [0.2, 0.25) is 5.89 Å². The maximum Gasteiger partial charge on any atom is 0.255 e. The molecule has 1 aromatic heterocycles. The number of hydrogen-bond donors (Lipinski definition) is 0. The number of aromatic nitrogens is 2. The highest BCUT2D eigenvalue weighted by Gasteiger charge is 2.44. The molecular formula is C28H32ClN3O4. The Bertz CT molecular complexity index is 1180. The van der Waals surface area contributed by atoms with Crippen molar-refractivity contribution < 1.29 is 18.8 Å².